The first kappa shape index (κ1) is 11.8. The third-order valence-electron chi connectivity index (χ3n) is 2.99. The van der Waals surface area contributed by atoms with E-state index < -0.39 is 0 Å². The van der Waals surface area contributed by atoms with Crippen LogP contribution in [-0.2, 0) is 6.61 Å². The van der Waals surface area contributed by atoms with Gasteiger partial charge in [-0.15, -0.1) is 5.10 Å². The van der Waals surface area contributed by atoms with Gasteiger partial charge in [0, 0.05) is 0 Å². The summed E-state index contributed by atoms with van der Waals surface area (Å²) in [5, 5.41) is 17.9. The largest absolute Gasteiger partial charge is 0.466 e. The van der Waals surface area contributed by atoms with Crippen LogP contribution in [0.25, 0.3) is 0 Å². The Kier molecular flexibility index (Phi) is 3.76. The summed E-state index contributed by atoms with van der Waals surface area (Å²) in [4.78, 5) is 0. The van der Waals surface area contributed by atoms with Crippen molar-refractivity contribution in [1.29, 1.82) is 0 Å². The van der Waals surface area contributed by atoms with E-state index >= 15 is 0 Å². The van der Waals surface area contributed by atoms with Crippen molar-refractivity contribution in [2.24, 2.45) is 11.8 Å². The molecule has 1 aliphatic rings. The molecule has 0 amide bonds. The zero-order chi connectivity index (χ0) is 11.5. The van der Waals surface area contributed by atoms with Crippen molar-refractivity contribution in [2.45, 2.75) is 45.8 Å². The van der Waals surface area contributed by atoms with Gasteiger partial charge in [-0.25, -0.2) is 0 Å². The van der Waals surface area contributed by atoms with Gasteiger partial charge in [-0.05, 0) is 31.1 Å². The van der Waals surface area contributed by atoms with Crippen molar-refractivity contribution >= 4 is 11.3 Å². The van der Waals surface area contributed by atoms with Crippen molar-refractivity contribution in [3.8, 4) is 5.19 Å². The number of aliphatic hydroxyl groups is 1. The monoisotopic (exact) mass is 242 g/mol. The predicted octanol–water partition coefficient (Wildman–Crippen LogP) is 2.23. The van der Waals surface area contributed by atoms with Gasteiger partial charge in [-0.1, -0.05) is 30.3 Å². The maximum absolute atomic E-state index is 8.89. The second-order valence-electron chi connectivity index (χ2n) is 4.78. The number of aromatic nitrogens is 2. The number of ether oxygens (including phenoxy) is 1. The first-order chi connectivity index (χ1) is 7.67. The van der Waals surface area contributed by atoms with Crippen molar-refractivity contribution in [2.75, 3.05) is 0 Å². The maximum atomic E-state index is 8.89. The summed E-state index contributed by atoms with van der Waals surface area (Å²) in [6.07, 6.45) is 3.74. The molecule has 0 aromatic carbocycles. The standard InChI is InChI=1S/C11H18N2O2S/c1-7-3-8(2)5-9(4-7)15-11-13-12-10(6-14)16-11/h7-9,14H,3-6H2,1-2H3. The molecule has 1 saturated carbocycles. The zero-order valence-corrected chi connectivity index (χ0v) is 10.5. The summed E-state index contributed by atoms with van der Waals surface area (Å²) in [6, 6.07) is 0. The molecular weight excluding hydrogens is 224 g/mol. The molecule has 0 radical (unpaired) electrons. The Morgan fingerprint density at radius 1 is 1.25 bits per heavy atom. The number of hydrogen-bond acceptors (Lipinski definition) is 5. The topological polar surface area (TPSA) is 55.2 Å². The predicted molar refractivity (Wildman–Crippen MR) is 62.4 cm³/mol. The lowest BCUT2D eigenvalue weighted by atomic mass is 9.82. The molecule has 0 saturated heterocycles. The Bertz CT molecular complexity index is 332. The molecule has 1 heterocycles. The molecule has 1 fully saturated rings. The van der Waals surface area contributed by atoms with E-state index in [1.54, 1.807) is 0 Å². The number of nitrogens with zero attached hydrogens (tertiary/aromatic N) is 2. The van der Waals surface area contributed by atoms with E-state index in [9.17, 15) is 0 Å². The van der Waals surface area contributed by atoms with Crippen LogP contribution in [0.15, 0.2) is 0 Å². The molecule has 90 valence electrons. The lowest BCUT2D eigenvalue weighted by molar-refractivity contribution is 0.1000. The third kappa shape index (κ3) is 2.92. The van der Waals surface area contributed by atoms with Crippen molar-refractivity contribution < 1.29 is 9.84 Å². The minimum atomic E-state index is -0.0570. The molecule has 1 aromatic heterocycles. The van der Waals surface area contributed by atoms with Crippen molar-refractivity contribution in [3.63, 3.8) is 0 Å². The second-order valence-corrected chi connectivity index (χ2v) is 5.80. The Morgan fingerprint density at radius 2 is 1.94 bits per heavy atom. The quantitative estimate of drug-likeness (QED) is 0.883. The van der Waals surface area contributed by atoms with Crippen molar-refractivity contribution in [1.82, 2.24) is 10.2 Å². The molecule has 1 aliphatic carbocycles. The van der Waals surface area contributed by atoms with E-state index in [1.165, 1.54) is 17.8 Å². The lowest BCUT2D eigenvalue weighted by Crippen LogP contribution is -2.28. The summed E-state index contributed by atoms with van der Waals surface area (Å²) in [6.45, 7) is 4.48. The second kappa shape index (κ2) is 5.10. The van der Waals surface area contributed by atoms with Gasteiger partial charge >= 0.3 is 0 Å². The Labute approximate surface area is 99.7 Å². The van der Waals surface area contributed by atoms with Crippen LogP contribution in [0.2, 0.25) is 0 Å². The molecule has 1 N–H and O–H groups in total. The van der Waals surface area contributed by atoms with Gasteiger partial charge < -0.3 is 9.84 Å². The molecule has 0 spiro atoms. The third-order valence-corrected chi connectivity index (χ3v) is 3.79. The molecule has 16 heavy (non-hydrogen) atoms. The average molecular weight is 242 g/mol. The van der Waals surface area contributed by atoms with Gasteiger partial charge in [0.05, 0.1) is 6.61 Å². The fraction of sp³-hybridized carbons (Fsp3) is 0.818. The Hall–Kier alpha value is -0.680. The SMILES string of the molecule is CC1CC(C)CC(Oc2nnc(CO)s2)C1. The van der Waals surface area contributed by atoms with Crippen LogP contribution in [0.1, 0.15) is 38.1 Å². The fourth-order valence-corrected chi connectivity index (χ4v) is 3.08. The van der Waals surface area contributed by atoms with Crippen LogP contribution in [0.3, 0.4) is 0 Å². The fourth-order valence-electron chi connectivity index (χ4n) is 2.46. The minimum Gasteiger partial charge on any atom is -0.466 e. The Balaban J connectivity index is 1.93. The highest BCUT2D eigenvalue weighted by molar-refractivity contribution is 7.13. The van der Waals surface area contributed by atoms with E-state index in [-0.39, 0.29) is 12.7 Å². The zero-order valence-electron chi connectivity index (χ0n) is 9.72. The molecule has 1 aromatic rings. The van der Waals surface area contributed by atoms with Crippen LogP contribution in [-0.4, -0.2) is 21.4 Å². The van der Waals surface area contributed by atoms with Gasteiger partial charge in [0.1, 0.15) is 11.1 Å². The highest BCUT2D eigenvalue weighted by Crippen LogP contribution is 2.32. The van der Waals surface area contributed by atoms with Crippen LogP contribution in [0.5, 0.6) is 5.19 Å². The average Bonchev–Trinajstić information content (AvgIpc) is 2.64. The highest BCUT2D eigenvalue weighted by atomic mass is 32.1. The van der Waals surface area contributed by atoms with Crippen LogP contribution in [0.4, 0.5) is 0 Å². The number of aliphatic hydroxyl groups excluding tert-OH is 1. The molecule has 2 atom stereocenters. The lowest BCUT2D eigenvalue weighted by Gasteiger charge is -2.30. The van der Waals surface area contributed by atoms with Gasteiger partial charge in [-0.2, -0.15) is 0 Å². The maximum Gasteiger partial charge on any atom is 0.294 e. The van der Waals surface area contributed by atoms with Gasteiger partial charge in [0.15, 0.2) is 0 Å². The van der Waals surface area contributed by atoms with Gasteiger partial charge in [-0.3, -0.25) is 0 Å². The summed E-state index contributed by atoms with van der Waals surface area (Å²) in [7, 11) is 0. The summed E-state index contributed by atoms with van der Waals surface area (Å²) < 4.78 is 5.81. The van der Waals surface area contributed by atoms with Gasteiger partial charge in [0.25, 0.3) is 5.19 Å². The van der Waals surface area contributed by atoms with Crippen molar-refractivity contribution in [3.05, 3.63) is 5.01 Å². The van der Waals surface area contributed by atoms with Crippen LogP contribution in [0, 0.1) is 11.8 Å². The van der Waals surface area contributed by atoms with E-state index in [1.807, 2.05) is 0 Å². The summed E-state index contributed by atoms with van der Waals surface area (Å²) >= 11 is 1.33. The van der Waals surface area contributed by atoms with E-state index in [2.05, 4.69) is 24.0 Å². The molecule has 4 nitrogen and oxygen atoms in total. The molecule has 0 aliphatic heterocycles. The normalized spacial score (nSPS) is 30.3. The van der Waals surface area contributed by atoms with E-state index in [0.29, 0.717) is 10.2 Å². The van der Waals surface area contributed by atoms with Gasteiger partial charge in [0.2, 0.25) is 0 Å². The smallest absolute Gasteiger partial charge is 0.294 e. The molecule has 0 bridgehead atoms. The molecule has 2 rings (SSSR count). The van der Waals surface area contributed by atoms with Crippen LogP contribution < -0.4 is 4.74 Å². The Morgan fingerprint density at radius 3 is 2.50 bits per heavy atom. The highest BCUT2D eigenvalue weighted by Gasteiger charge is 2.26. The molecular formula is C11H18N2O2S. The van der Waals surface area contributed by atoms with E-state index in [0.717, 1.165) is 24.7 Å². The summed E-state index contributed by atoms with van der Waals surface area (Å²) in [5.41, 5.74) is 0. The minimum absolute atomic E-state index is 0.0570. The number of hydrogen-bond donors (Lipinski definition) is 1. The van der Waals surface area contributed by atoms with Crippen LogP contribution >= 0.6 is 11.3 Å². The van der Waals surface area contributed by atoms with E-state index in [4.69, 9.17) is 9.84 Å². The molecule has 2 unspecified atom stereocenters. The molecule has 5 heteroatoms. The first-order valence-electron chi connectivity index (χ1n) is 5.77. The number of rotatable bonds is 3. The first-order valence-corrected chi connectivity index (χ1v) is 6.59. The summed E-state index contributed by atoms with van der Waals surface area (Å²) in [5.74, 6) is 1.44.